The van der Waals surface area contributed by atoms with E-state index in [1.807, 2.05) is 50.2 Å². The molecule has 6 rings (SSSR count). The van der Waals surface area contributed by atoms with Crippen molar-refractivity contribution >= 4 is 79.7 Å². The molecule has 0 aromatic heterocycles. The van der Waals surface area contributed by atoms with Gasteiger partial charge in [0.2, 0.25) is 0 Å². The van der Waals surface area contributed by atoms with Crippen molar-refractivity contribution in [3.8, 4) is 0 Å². The Kier molecular flexibility index (Phi) is 13.8. The van der Waals surface area contributed by atoms with Crippen molar-refractivity contribution in [2.24, 2.45) is 17.3 Å². The Morgan fingerprint density at radius 3 is 1.65 bits per heavy atom. The molecule has 6 N–H and O–H groups in total. The van der Waals surface area contributed by atoms with Crippen LogP contribution in [0, 0.1) is 49.9 Å². The fourth-order valence-electron chi connectivity index (χ4n) is 5.30. The molecule has 10 nitrogen and oxygen atoms in total. The molecular formula is C38H40F2I2N4O6. The minimum Gasteiger partial charge on any atom is -0.396 e. The third-order valence-corrected chi connectivity index (χ3v) is 10.3. The molecule has 2 aliphatic carbocycles. The molecule has 2 fully saturated rings. The van der Waals surface area contributed by atoms with Gasteiger partial charge >= 0.3 is 0 Å². The molecule has 14 heteroatoms. The highest BCUT2D eigenvalue weighted by atomic mass is 127. The van der Waals surface area contributed by atoms with Crippen molar-refractivity contribution in [2.45, 2.75) is 33.1 Å². The lowest BCUT2D eigenvalue weighted by atomic mass is 10.1. The zero-order chi connectivity index (χ0) is 37.4. The fourth-order valence-corrected chi connectivity index (χ4v) is 6.60. The number of anilines is 4. The summed E-state index contributed by atoms with van der Waals surface area (Å²) in [7, 11) is 0. The first-order chi connectivity index (χ1) is 24.9. The van der Waals surface area contributed by atoms with E-state index in [1.54, 1.807) is 0 Å². The van der Waals surface area contributed by atoms with Gasteiger partial charge in [0.25, 0.3) is 11.8 Å². The summed E-state index contributed by atoms with van der Waals surface area (Å²) in [5, 5.41) is 24.5. The first-order valence-corrected chi connectivity index (χ1v) is 18.8. The average Bonchev–Trinajstić information content (AvgIpc) is 4.04. The first kappa shape index (κ1) is 39.8. The Labute approximate surface area is 328 Å². The number of amides is 2. The minimum absolute atomic E-state index is 0.0400. The summed E-state index contributed by atoms with van der Waals surface area (Å²) in [6.45, 7) is 4.69. The molecule has 2 atom stereocenters. The molecule has 4 aromatic rings. The number of benzene rings is 4. The standard InChI is InChI=1S/2C19H20FIN2O3/c1-11-6-15(21)3-5-17(11)22-18-8-14(20)2-4-16(18)19(25)23-26-10-13-7-12(13)9-24;1-12-8-14(21)3-5-16(12)22-17-9-13(20)2-4-15(17)18(25)23-26-11-19(10-24)6-7-19/h2-6,8,12-13,22,24H,7,9-10H2,1H3,(H,23,25);2-5,8-9,22,24H,6-7,10-11H2,1H3,(H,23,25). The van der Waals surface area contributed by atoms with Crippen LogP contribution in [0.4, 0.5) is 31.5 Å². The van der Waals surface area contributed by atoms with Gasteiger partial charge in [-0.3, -0.25) is 19.3 Å². The summed E-state index contributed by atoms with van der Waals surface area (Å²) in [6.07, 6.45) is 2.67. The number of nitrogens with one attached hydrogen (secondary N) is 4. The zero-order valence-corrected chi connectivity index (χ0v) is 32.9. The highest BCUT2D eigenvalue weighted by Gasteiger charge is 2.42. The van der Waals surface area contributed by atoms with Gasteiger partial charge in [0, 0.05) is 30.5 Å². The Balaban J connectivity index is 0.000000201. The number of rotatable bonds is 14. The molecule has 2 unspecified atom stereocenters. The maximum Gasteiger partial charge on any atom is 0.276 e. The molecule has 276 valence electrons. The molecule has 0 radical (unpaired) electrons. The van der Waals surface area contributed by atoms with E-state index in [1.165, 1.54) is 36.4 Å². The largest absolute Gasteiger partial charge is 0.396 e. The SMILES string of the molecule is Cc1cc(I)ccc1Nc1cc(F)ccc1C(=O)NOCC1(CO)CC1.Cc1cc(I)ccc1Nc1cc(F)ccc1C(=O)NOCC1CC1CO. The van der Waals surface area contributed by atoms with Gasteiger partial charge in [-0.1, -0.05) is 0 Å². The van der Waals surface area contributed by atoms with Crippen LogP contribution in [0.15, 0.2) is 72.8 Å². The number of aryl methyl sites for hydroxylation is 2. The number of carbonyl (C=O) groups is 2. The van der Waals surface area contributed by atoms with Crippen LogP contribution in [0.1, 0.15) is 51.1 Å². The van der Waals surface area contributed by atoms with Crippen LogP contribution >= 0.6 is 45.2 Å². The number of hydrogen-bond acceptors (Lipinski definition) is 8. The summed E-state index contributed by atoms with van der Waals surface area (Å²) in [4.78, 5) is 35.4. The smallest absolute Gasteiger partial charge is 0.276 e. The third kappa shape index (κ3) is 11.1. The number of halogens is 4. The van der Waals surface area contributed by atoms with Crippen molar-refractivity contribution < 1.29 is 38.3 Å². The normalized spacial score (nSPS) is 16.6. The van der Waals surface area contributed by atoms with Crippen molar-refractivity contribution in [1.82, 2.24) is 11.0 Å². The van der Waals surface area contributed by atoms with E-state index >= 15 is 0 Å². The summed E-state index contributed by atoms with van der Waals surface area (Å²) in [5.74, 6) is -1.25. The first-order valence-electron chi connectivity index (χ1n) is 16.6. The van der Waals surface area contributed by atoms with Crippen LogP contribution in [0.3, 0.4) is 0 Å². The molecule has 52 heavy (non-hydrogen) atoms. The lowest BCUT2D eigenvalue weighted by Gasteiger charge is -2.15. The molecule has 4 aromatic carbocycles. The maximum absolute atomic E-state index is 13.7. The Morgan fingerprint density at radius 1 is 0.731 bits per heavy atom. The zero-order valence-electron chi connectivity index (χ0n) is 28.6. The fraction of sp³-hybridized carbons (Fsp3) is 0.316. The third-order valence-electron chi connectivity index (χ3n) is 8.97. The van der Waals surface area contributed by atoms with E-state index < -0.39 is 23.4 Å². The summed E-state index contributed by atoms with van der Waals surface area (Å²) < 4.78 is 29.6. The van der Waals surface area contributed by atoms with Gasteiger partial charge in [-0.2, -0.15) is 0 Å². The van der Waals surface area contributed by atoms with Crippen LogP contribution < -0.4 is 21.6 Å². The Morgan fingerprint density at radius 2 is 1.23 bits per heavy atom. The van der Waals surface area contributed by atoms with Gasteiger partial charge in [0.15, 0.2) is 0 Å². The van der Waals surface area contributed by atoms with Gasteiger partial charge in [-0.25, -0.2) is 19.7 Å². The predicted octanol–water partition coefficient (Wildman–Crippen LogP) is 7.69. The Hall–Kier alpha value is -3.42. The molecule has 2 aliphatic rings. The molecular weight excluding hydrogens is 900 g/mol. The average molecular weight is 941 g/mol. The van der Waals surface area contributed by atoms with Crippen molar-refractivity contribution in [3.63, 3.8) is 0 Å². The van der Waals surface area contributed by atoms with Crippen LogP contribution in [0.25, 0.3) is 0 Å². The van der Waals surface area contributed by atoms with Crippen LogP contribution in [-0.2, 0) is 9.68 Å². The summed E-state index contributed by atoms with van der Waals surface area (Å²) in [5.41, 5.74) is 9.43. The van der Waals surface area contributed by atoms with Gasteiger partial charge in [0.05, 0.1) is 42.3 Å². The van der Waals surface area contributed by atoms with Crippen LogP contribution in [0.2, 0.25) is 0 Å². The van der Waals surface area contributed by atoms with E-state index in [0.717, 1.165) is 48.9 Å². The van der Waals surface area contributed by atoms with Crippen molar-refractivity contribution in [2.75, 3.05) is 37.1 Å². The van der Waals surface area contributed by atoms with Crippen molar-refractivity contribution in [1.29, 1.82) is 0 Å². The lowest BCUT2D eigenvalue weighted by molar-refractivity contribution is -0.0000238. The highest BCUT2D eigenvalue weighted by molar-refractivity contribution is 14.1. The molecule has 0 saturated heterocycles. The van der Waals surface area contributed by atoms with E-state index in [9.17, 15) is 23.5 Å². The van der Waals surface area contributed by atoms with Gasteiger partial charge < -0.3 is 20.8 Å². The second-order valence-electron chi connectivity index (χ2n) is 13.1. The highest BCUT2D eigenvalue weighted by Crippen LogP contribution is 2.45. The molecule has 0 spiro atoms. The number of hydrogen-bond donors (Lipinski definition) is 6. The van der Waals surface area contributed by atoms with E-state index in [4.69, 9.17) is 14.8 Å². The van der Waals surface area contributed by atoms with E-state index in [0.29, 0.717) is 23.5 Å². The molecule has 0 aliphatic heterocycles. The minimum atomic E-state index is -0.468. The molecule has 2 saturated carbocycles. The lowest BCUT2D eigenvalue weighted by Crippen LogP contribution is -2.28. The second kappa shape index (κ2) is 18.1. The van der Waals surface area contributed by atoms with E-state index in [-0.39, 0.29) is 42.6 Å². The molecule has 0 heterocycles. The monoisotopic (exact) mass is 940 g/mol. The maximum atomic E-state index is 13.7. The van der Waals surface area contributed by atoms with Crippen LogP contribution in [0.5, 0.6) is 0 Å². The molecule has 0 bridgehead atoms. The topological polar surface area (TPSA) is 141 Å². The van der Waals surface area contributed by atoms with Gasteiger partial charge in [-0.05, 0) is 174 Å². The quantitative estimate of drug-likeness (QED) is 0.0559. The summed E-state index contributed by atoms with van der Waals surface area (Å²) >= 11 is 4.44. The second-order valence-corrected chi connectivity index (χ2v) is 15.6. The number of hydroxylamine groups is 2. The van der Waals surface area contributed by atoms with Gasteiger partial charge in [-0.15, -0.1) is 0 Å². The molecule has 2 amide bonds. The Bertz CT molecular complexity index is 1910. The van der Waals surface area contributed by atoms with Crippen LogP contribution in [-0.4, -0.2) is 48.5 Å². The van der Waals surface area contributed by atoms with Crippen molar-refractivity contribution in [3.05, 3.63) is 114 Å². The number of carbonyl (C=O) groups excluding carboxylic acids is 2. The van der Waals surface area contributed by atoms with E-state index in [2.05, 4.69) is 66.8 Å². The summed E-state index contributed by atoms with van der Waals surface area (Å²) in [6, 6.07) is 19.5. The van der Waals surface area contributed by atoms with Gasteiger partial charge in [0.1, 0.15) is 11.6 Å². The number of aliphatic hydroxyl groups is 2. The number of aliphatic hydroxyl groups excluding tert-OH is 2. The predicted molar refractivity (Wildman–Crippen MR) is 211 cm³/mol.